The third-order valence-electron chi connectivity index (χ3n) is 4.47. The third-order valence-corrected chi connectivity index (χ3v) is 4.47. The molecule has 1 spiro atoms. The lowest BCUT2D eigenvalue weighted by Crippen LogP contribution is -2.60. The van der Waals surface area contributed by atoms with Gasteiger partial charge in [-0.2, -0.15) is 0 Å². The summed E-state index contributed by atoms with van der Waals surface area (Å²) in [6, 6.07) is 6.21. The number of nitrogens with one attached hydrogen (secondary N) is 1. The maximum Gasteiger partial charge on any atom is 0.150 e. The van der Waals surface area contributed by atoms with Gasteiger partial charge in [0.25, 0.3) is 0 Å². The molecule has 0 radical (unpaired) electrons. The van der Waals surface area contributed by atoms with Gasteiger partial charge in [-0.3, -0.25) is 4.79 Å². The van der Waals surface area contributed by atoms with E-state index in [0.29, 0.717) is 5.41 Å². The van der Waals surface area contributed by atoms with Crippen molar-refractivity contribution >= 4 is 12.0 Å². The average Bonchev–Trinajstić information content (AvgIpc) is 2.37. The van der Waals surface area contributed by atoms with Crippen molar-refractivity contribution in [3.8, 4) is 0 Å². The van der Waals surface area contributed by atoms with Crippen molar-refractivity contribution in [1.29, 1.82) is 0 Å². The van der Waals surface area contributed by atoms with E-state index in [1.807, 2.05) is 19.1 Å². The number of piperidine rings is 1. The highest BCUT2D eigenvalue weighted by molar-refractivity contribution is 5.79. The molecule has 3 nitrogen and oxygen atoms in total. The number of rotatable bonds is 2. The largest absolute Gasteiger partial charge is 0.370 e. The molecule has 0 aliphatic carbocycles. The quantitative estimate of drug-likeness (QED) is 0.808. The second-order valence-corrected chi connectivity index (χ2v) is 5.76. The number of nitrogens with zero attached hydrogens (tertiary/aromatic N) is 1. The molecule has 96 valence electrons. The van der Waals surface area contributed by atoms with Crippen molar-refractivity contribution in [2.45, 2.75) is 19.8 Å². The Hall–Kier alpha value is -1.35. The van der Waals surface area contributed by atoms with Gasteiger partial charge in [0.2, 0.25) is 0 Å². The van der Waals surface area contributed by atoms with Crippen molar-refractivity contribution < 1.29 is 4.79 Å². The van der Waals surface area contributed by atoms with Crippen LogP contribution in [-0.2, 0) is 0 Å². The normalized spacial score (nSPS) is 21.7. The first-order valence-electron chi connectivity index (χ1n) is 6.74. The van der Waals surface area contributed by atoms with Crippen LogP contribution in [0.2, 0.25) is 0 Å². The van der Waals surface area contributed by atoms with Crippen LogP contribution in [0, 0.1) is 12.3 Å². The number of hydrogen-bond donors (Lipinski definition) is 1. The summed E-state index contributed by atoms with van der Waals surface area (Å²) in [5.41, 5.74) is 3.62. The monoisotopic (exact) mass is 244 g/mol. The van der Waals surface area contributed by atoms with E-state index in [-0.39, 0.29) is 0 Å². The molecular weight excluding hydrogens is 224 g/mol. The average molecular weight is 244 g/mol. The maximum atomic E-state index is 11.0. The molecule has 18 heavy (non-hydrogen) atoms. The zero-order chi connectivity index (χ0) is 12.6. The van der Waals surface area contributed by atoms with Crippen LogP contribution in [0.15, 0.2) is 18.2 Å². The van der Waals surface area contributed by atoms with Crippen LogP contribution in [-0.4, -0.2) is 32.5 Å². The molecule has 2 fully saturated rings. The summed E-state index contributed by atoms with van der Waals surface area (Å²) in [5, 5.41) is 3.42. The summed E-state index contributed by atoms with van der Waals surface area (Å²) >= 11 is 0. The van der Waals surface area contributed by atoms with Gasteiger partial charge in [0.05, 0.1) is 0 Å². The van der Waals surface area contributed by atoms with Crippen molar-refractivity contribution in [2.24, 2.45) is 5.41 Å². The van der Waals surface area contributed by atoms with Gasteiger partial charge in [0, 0.05) is 29.8 Å². The number of anilines is 1. The fraction of sp³-hybridized carbons (Fsp3) is 0.533. The summed E-state index contributed by atoms with van der Waals surface area (Å²) in [6.07, 6.45) is 3.53. The predicted octanol–water partition coefficient (Wildman–Crippen LogP) is 2.00. The van der Waals surface area contributed by atoms with Crippen molar-refractivity contribution in [1.82, 2.24) is 5.32 Å². The van der Waals surface area contributed by atoms with Gasteiger partial charge < -0.3 is 10.2 Å². The van der Waals surface area contributed by atoms with E-state index in [2.05, 4.69) is 16.3 Å². The summed E-state index contributed by atoms with van der Waals surface area (Å²) < 4.78 is 0. The molecule has 0 unspecified atom stereocenters. The molecule has 0 saturated carbocycles. The zero-order valence-electron chi connectivity index (χ0n) is 10.9. The van der Waals surface area contributed by atoms with E-state index < -0.39 is 0 Å². The van der Waals surface area contributed by atoms with Gasteiger partial charge in [-0.05, 0) is 50.6 Å². The molecule has 2 aliphatic rings. The van der Waals surface area contributed by atoms with Gasteiger partial charge in [0.1, 0.15) is 6.29 Å². The van der Waals surface area contributed by atoms with E-state index in [1.54, 1.807) is 0 Å². The molecule has 3 heteroatoms. The smallest absolute Gasteiger partial charge is 0.150 e. The van der Waals surface area contributed by atoms with E-state index in [9.17, 15) is 4.79 Å². The Bertz CT molecular complexity index is 456. The highest BCUT2D eigenvalue weighted by Gasteiger charge is 2.43. The Morgan fingerprint density at radius 1 is 1.28 bits per heavy atom. The van der Waals surface area contributed by atoms with Crippen molar-refractivity contribution in [2.75, 3.05) is 31.1 Å². The number of hydrogen-bond acceptors (Lipinski definition) is 3. The van der Waals surface area contributed by atoms with Gasteiger partial charge in [-0.15, -0.1) is 0 Å². The minimum absolute atomic E-state index is 0.539. The van der Waals surface area contributed by atoms with Gasteiger partial charge in [-0.25, -0.2) is 0 Å². The second kappa shape index (κ2) is 4.39. The molecule has 0 bridgehead atoms. The highest BCUT2D eigenvalue weighted by Crippen LogP contribution is 2.41. The first-order valence-corrected chi connectivity index (χ1v) is 6.74. The summed E-state index contributed by atoms with van der Waals surface area (Å²) in [4.78, 5) is 13.4. The van der Waals surface area contributed by atoms with Crippen LogP contribution in [0.1, 0.15) is 28.8 Å². The zero-order valence-corrected chi connectivity index (χ0v) is 10.9. The van der Waals surface area contributed by atoms with E-state index in [4.69, 9.17) is 0 Å². The molecular formula is C15H20N2O. The van der Waals surface area contributed by atoms with Gasteiger partial charge >= 0.3 is 0 Å². The Labute approximate surface area is 108 Å². The highest BCUT2D eigenvalue weighted by atomic mass is 16.1. The number of aldehydes is 1. The Morgan fingerprint density at radius 2 is 2.00 bits per heavy atom. The van der Waals surface area contributed by atoms with Crippen LogP contribution >= 0.6 is 0 Å². The standard InChI is InChI=1S/C15H20N2O/c1-12-2-3-14(8-13(12)9-18)17-10-15(11-17)4-6-16-7-5-15/h2-3,8-9,16H,4-7,10-11H2,1H3. The van der Waals surface area contributed by atoms with Gasteiger partial charge in [-0.1, -0.05) is 6.07 Å². The Balaban J connectivity index is 1.72. The lowest BCUT2D eigenvalue weighted by Gasteiger charge is -2.53. The number of aryl methyl sites for hydroxylation is 1. The Morgan fingerprint density at radius 3 is 2.67 bits per heavy atom. The summed E-state index contributed by atoms with van der Waals surface area (Å²) in [5.74, 6) is 0. The molecule has 0 atom stereocenters. The minimum Gasteiger partial charge on any atom is -0.370 e. The predicted molar refractivity (Wildman–Crippen MR) is 73.3 cm³/mol. The Kier molecular flexibility index (Phi) is 2.86. The van der Waals surface area contributed by atoms with E-state index in [0.717, 1.165) is 43.6 Å². The molecule has 1 N–H and O–H groups in total. The number of carbonyl (C=O) groups is 1. The fourth-order valence-corrected chi connectivity index (χ4v) is 3.17. The summed E-state index contributed by atoms with van der Waals surface area (Å²) in [6.45, 7) is 6.59. The molecule has 2 heterocycles. The molecule has 3 rings (SSSR count). The third kappa shape index (κ3) is 1.93. The minimum atomic E-state index is 0.539. The molecule has 1 aromatic carbocycles. The topological polar surface area (TPSA) is 32.3 Å². The lowest BCUT2D eigenvalue weighted by molar-refractivity contribution is 0.112. The van der Waals surface area contributed by atoms with Crippen LogP contribution in [0.25, 0.3) is 0 Å². The molecule has 2 saturated heterocycles. The van der Waals surface area contributed by atoms with Crippen LogP contribution in [0.4, 0.5) is 5.69 Å². The van der Waals surface area contributed by atoms with Crippen molar-refractivity contribution in [3.05, 3.63) is 29.3 Å². The molecule has 1 aromatic rings. The second-order valence-electron chi connectivity index (χ2n) is 5.76. The fourth-order valence-electron chi connectivity index (χ4n) is 3.17. The van der Waals surface area contributed by atoms with Crippen LogP contribution < -0.4 is 10.2 Å². The number of carbonyl (C=O) groups excluding carboxylic acids is 1. The van der Waals surface area contributed by atoms with Crippen LogP contribution in [0.3, 0.4) is 0 Å². The maximum absolute atomic E-state index is 11.0. The number of benzene rings is 1. The van der Waals surface area contributed by atoms with Crippen molar-refractivity contribution in [3.63, 3.8) is 0 Å². The first kappa shape index (κ1) is 11.7. The SMILES string of the molecule is Cc1ccc(N2CC3(CCNCC3)C2)cc1C=O. The molecule has 0 aromatic heterocycles. The first-order chi connectivity index (χ1) is 8.72. The molecule has 2 aliphatic heterocycles. The van der Waals surface area contributed by atoms with E-state index in [1.165, 1.54) is 18.5 Å². The van der Waals surface area contributed by atoms with E-state index >= 15 is 0 Å². The van der Waals surface area contributed by atoms with Crippen LogP contribution in [0.5, 0.6) is 0 Å². The lowest BCUT2D eigenvalue weighted by atomic mass is 9.72. The molecule has 0 amide bonds. The van der Waals surface area contributed by atoms with Gasteiger partial charge in [0.15, 0.2) is 0 Å². The summed E-state index contributed by atoms with van der Waals surface area (Å²) in [7, 11) is 0.